The standard InChI is InChI=1S/C29H31N3O4/c1-7-20(8-2)32-27(34)21-15-12-16-22(24(21)28(32)35)30-31-25(23(36-6)17-18-29(3,4)5)26(33)19-13-10-9-11-14-19/h9-16,20H,7-8H2,1-6H3/b25-23-,31-30?. The summed E-state index contributed by atoms with van der Waals surface area (Å²) in [6.07, 6.45) is 1.31. The van der Waals surface area contributed by atoms with Crippen LogP contribution in [0.25, 0.3) is 0 Å². The molecule has 0 N–H and O–H groups in total. The predicted molar refractivity (Wildman–Crippen MR) is 138 cm³/mol. The molecule has 7 heteroatoms. The number of carbonyl (C=O) groups excluding carboxylic acids is 3. The Bertz CT molecular complexity index is 1290. The van der Waals surface area contributed by atoms with Crippen LogP contribution in [0.1, 0.15) is 78.5 Å². The molecule has 2 aromatic rings. The van der Waals surface area contributed by atoms with Gasteiger partial charge in [0.15, 0.2) is 5.70 Å². The third kappa shape index (κ3) is 5.60. The van der Waals surface area contributed by atoms with Crippen LogP contribution < -0.4 is 0 Å². The molecule has 0 saturated carbocycles. The smallest absolute Gasteiger partial charge is 0.264 e. The molecule has 0 saturated heterocycles. The van der Waals surface area contributed by atoms with Crippen molar-refractivity contribution in [3.05, 3.63) is 76.7 Å². The fraction of sp³-hybridized carbons (Fsp3) is 0.345. The number of Topliss-reactive ketones (excluding diaryl/α,β-unsaturated/α-hetero) is 1. The molecule has 1 heterocycles. The Balaban J connectivity index is 2.13. The third-order valence-corrected chi connectivity index (χ3v) is 5.71. The van der Waals surface area contributed by atoms with Crippen LogP contribution in [0.5, 0.6) is 0 Å². The lowest BCUT2D eigenvalue weighted by Crippen LogP contribution is -2.39. The summed E-state index contributed by atoms with van der Waals surface area (Å²) in [4.78, 5) is 41.0. The number of nitrogens with zero attached hydrogens (tertiary/aromatic N) is 3. The molecule has 7 nitrogen and oxygen atoms in total. The minimum absolute atomic E-state index is 0.0659. The number of benzene rings is 2. The maximum absolute atomic E-state index is 13.4. The zero-order valence-corrected chi connectivity index (χ0v) is 21.6. The number of carbonyl (C=O) groups is 3. The summed E-state index contributed by atoms with van der Waals surface area (Å²) in [5.41, 5.74) is 0.631. The number of azo groups is 1. The van der Waals surface area contributed by atoms with Crippen molar-refractivity contribution >= 4 is 23.3 Å². The van der Waals surface area contributed by atoms with E-state index in [2.05, 4.69) is 22.1 Å². The molecule has 186 valence electrons. The first-order valence-corrected chi connectivity index (χ1v) is 12.0. The van der Waals surface area contributed by atoms with Crippen LogP contribution in [0.4, 0.5) is 5.69 Å². The quantitative estimate of drug-likeness (QED) is 0.109. The number of hydrogen-bond donors (Lipinski definition) is 0. The van der Waals surface area contributed by atoms with E-state index in [-0.39, 0.29) is 45.6 Å². The second-order valence-corrected chi connectivity index (χ2v) is 9.43. The Morgan fingerprint density at radius 2 is 1.67 bits per heavy atom. The topological polar surface area (TPSA) is 88.4 Å². The van der Waals surface area contributed by atoms with Crippen LogP contribution in [0.3, 0.4) is 0 Å². The lowest BCUT2D eigenvalue weighted by Gasteiger charge is -2.23. The molecule has 0 unspecified atom stereocenters. The van der Waals surface area contributed by atoms with Gasteiger partial charge in [0.2, 0.25) is 11.5 Å². The van der Waals surface area contributed by atoms with Crippen LogP contribution in [0, 0.1) is 17.3 Å². The van der Waals surface area contributed by atoms with E-state index in [0.29, 0.717) is 18.4 Å². The molecule has 2 amide bonds. The minimum atomic E-state index is -0.423. The number of hydrogen-bond acceptors (Lipinski definition) is 6. The number of fused-ring (bicyclic) bond motifs is 1. The first-order chi connectivity index (χ1) is 17.1. The molecule has 1 aliphatic heterocycles. The first kappa shape index (κ1) is 26.6. The average Bonchev–Trinajstić information content (AvgIpc) is 3.12. The van der Waals surface area contributed by atoms with Gasteiger partial charge in [-0.05, 0) is 51.7 Å². The van der Waals surface area contributed by atoms with Gasteiger partial charge in [-0.15, -0.1) is 10.2 Å². The Kier molecular flexibility index (Phi) is 8.21. The Hall–Kier alpha value is -4.05. The van der Waals surface area contributed by atoms with Crippen molar-refractivity contribution in [3.63, 3.8) is 0 Å². The maximum atomic E-state index is 13.4. The molecule has 2 aromatic carbocycles. The average molecular weight is 486 g/mol. The summed E-state index contributed by atoms with van der Waals surface area (Å²) in [6.45, 7) is 9.70. The highest BCUT2D eigenvalue weighted by atomic mass is 16.5. The van der Waals surface area contributed by atoms with E-state index in [1.165, 1.54) is 12.0 Å². The molecule has 36 heavy (non-hydrogen) atoms. The van der Waals surface area contributed by atoms with E-state index in [4.69, 9.17) is 4.74 Å². The van der Waals surface area contributed by atoms with E-state index >= 15 is 0 Å². The van der Waals surface area contributed by atoms with Crippen LogP contribution >= 0.6 is 0 Å². The summed E-state index contributed by atoms with van der Waals surface area (Å²) in [5.74, 6) is 4.85. The van der Waals surface area contributed by atoms with Gasteiger partial charge in [0.25, 0.3) is 11.8 Å². The van der Waals surface area contributed by atoms with Crippen LogP contribution in [-0.2, 0) is 4.74 Å². The van der Waals surface area contributed by atoms with Gasteiger partial charge in [0.05, 0.1) is 23.9 Å². The van der Waals surface area contributed by atoms with Crippen LogP contribution in [-0.4, -0.2) is 35.6 Å². The van der Waals surface area contributed by atoms with Crippen molar-refractivity contribution in [2.75, 3.05) is 7.11 Å². The second kappa shape index (κ2) is 11.1. The van der Waals surface area contributed by atoms with Crippen molar-refractivity contribution in [2.45, 2.75) is 53.5 Å². The largest absolute Gasteiger partial charge is 0.487 e. The number of imide groups is 1. The van der Waals surface area contributed by atoms with Crippen molar-refractivity contribution in [3.8, 4) is 11.8 Å². The minimum Gasteiger partial charge on any atom is -0.487 e. The van der Waals surface area contributed by atoms with Crippen LogP contribution in [0.2, 0.25) is 0 Å². The lowest BCUT2D eigenvalue weighted by molar-refractivity contribution is 0.0576. The fourth-order valence-electron chi connectivity index (χ4n) is 3.83. The molecule has 3 rings (SSSR count). The van der Waals surface area contributed by atoms with Gasteiger partial charge >= 0.3 is 0 Å². The van der Waals surface area contributed by atoms with Gasteiger partial charge in [0, 0.05) is 17.0 Å². The molecule has 1 aliphatic rings. The molecule has 0 aromatic heterocycles. The van der Waals surface area contributed by atoms with E-state index in [1.807, 2.05) is 34.6 Å². The van der Waals surface area contributed by atoms with Gasteiger partial charge in [-0.2, -0.15) is 0 Å². The summed E-state index contributed by atoms with van der Waals surface area (Å²) in [6, 6.07) is 13.3. The monoisotopic (exact) mass is 485 g/mol. The molecular formula is C29H31N3O4. The van der Waals surface area contributed by atoms with Crippen molar-refractivity contribution < 1.29 is 19.1 Å². The molecule has 0 fully saturated rings. The van der Waals surface area contributed by atoms with Gasteiger partial charge < -0.3 is 4.74 Å². The number of methoxy groups -OCH3 is 1. The van der Waals surface area contributed by atoms with Gasteiger partial charge in [-0.1, -0.05) is 56.2 Å². The molecule has 0 spiro atoms. The number of ether oxygens (including phenoxy) is 1. The summed E-state index contributed by atoms with van der Waals surface area (Å²) < 4.78 is 5.45. The highest BCUT2D eigenvalue weighted by molar-refractivity contribution is 6.23. The van der Waals surface area contributed by atoms with E-state index < -0.39 is 11.7 Å². The zero-order valence-electron chi connectivity index (χ0n) is 21.6. The van der Waals surface area contributed by atoms with Crippen molar-refractivity contribution in [1.82, 2.24) is 4.90 Å². The van der Waals surface area contributed by atoms with Gasteiger partial charge in [-0.25, -0.2) is 0 Å². The highest BCUT2D eigenvalue weighted by Crippen LogP contribution is 2.34. The summed E-state index contributed by atoms with van der Waals surface area (Å²) in [7, 11) is 1.41. The fourth-order valence-corrected chi connectivity index (χ4v) is 3.83. The Morgan fingerprint density at radius 3 is 2.25 bits per heavy atom. The maximum Gasteiger partial charge on any atom is 0.264 e. The number of ketones is 1. The SMILES string of the molecule is CCC(CC)N1C(=O)c2cccc(N=N/C(C(=O)c3ccccc3)=C(/C#CC(C)(C)C)OC)c2C1=O. The van der Waals surface area contributed by atoms with E-state index in [9.17, 15) is 14.4 Å². The van der Waals surface area contributed by atoms with Crippen molar-refractivity contribution in [1.29, 1.82) is 0 Å². The molecule has 0 bridgehead atoms. The van der Waals surface area contributed by atoms with Gasteiger partial charge in [0.1, 0.15) is 0 Å². The van der Waals surface area contributed by atoms with E-state index in [1.54, 1.807) is 48.5 Å². The normalized spacial score (nSPS) is 14.0. The number of amides is 2. The Labute approximate surface area is 212 Å². The predicted octanol–water partition coefficient (Wildman–Crippen LogP) is 6.35. The van der Waals surface area contributed by atoms with Crippen molar-refractivity contribution in [2.24, 2.45) is 15.6 Å². The molecular weight excluding hydrogens is 454 g/mol. The number of allylic oxidation sites excluding steroid dienone is 2. The summed E-state index contributed by atoms with van der Waals surface area (Å²) in [5, 5.41) is 8.50. The molecule has 0 atom stereocenters. The van der Waals surface area contributed by atoms with Crippen LogP contribution in [0.15, 0.2) is 70.2 Å². The van der Waals surface area contributed by atoms with E-state index in [0.717, 1.165) is 0 Å². The molecule has 0 aliphatic carbocycles. The first-order valence-electron chi connectivity index (χ1n) is 12.0. The van der Waals surface area contributed by atoms with Gasteiger partial charge in [-0.3, -0.25) is 19.3 Å². The lowest BCUT2D eigenvalue weighted by atomic mass is 9.98. The third-order valence-electron chi connectivity index (χ3n) is 5.71. The molecule has 0 radical (unpaired) electrons. The Morgan fingerprint density at radius 1 is 1.00 bits per heavy atom. The summed E-state index contributed by atoms with van der Waals surface area (Å²) >= 11 is 0. The second-order valence-electron chi connectivity index (χ2n) is 9.43. The zero-order chi connectivity index (χ0) is 26.5. The number of rotatable bonds is 8. The highest BCUT2D eigenvalue weighted by Gasteiger charge is 2.40.